The van der Waals surface area contributed by atoms with Gasteiger partial charge in [0, 0.05) is 33.6 Å². The van der Waals surface area contributed by atoms with Gasteiger partial charge in [-0.3, -0.25) is 9.36 Å². The number of thiophene rings is 1. The molecule has 0 radical (unpaired) electrons. The van der Waals surface area contributed by atoms with Gasteiger partial charge in [-0.15, -0.1) is 21.5 Å². The second-order valence-corrected chi connectivity index (χ2v) is 9.17. The Morgan fingerprint density at radius 1 is 1.31 bits per heavy atom. The second-order valence-electron chi connectivity index (χ2n) is 7.25. The lowest BCUT2D eigenvalue weighted by Gasteiger charge is -2.12. The molecule has 2 N–H and O–H groups in total. The first-order valence-electron chi connectivity index (χ1n) is 9.67. The number of nitrogens with one attached hydrogen (secondary N) is 2. The van der Waals surface area contributed by atoms with E-state index in [1.165, 1.54) is 11.8 Å². The standard InChI is InChI=1S/C21H21N5OS2/c1-13(18-7-4-10-28-18)23-19(27)12-29-21-25-24-20(26(21)14-8-9-14)16-11-22-17-6-3-2-5-15(16)17/h2-7,10-11,13-14,22H,8-9,12H2,1H3,(H,23,27). The predicted molar refractivity (Wildman–Crippen MR) is 117 cm³/mol. The predicted octanol–water partition coefficient (Wildman–Crippen LogP) is 4.79. The van der Waals surface area contributed by atoms with E-state index in [9.17, 15) is 4.79 Å². The van der Waals surface area contributed by atoms with Gasteiger partial charge >= 0.3 is 0 Å². The topological polar surface area (TPSA) is 75.6 Å². The van der Waals surface area contributed by atoms with Gasteiger partial charge in [-0.1, -0.05) is 36.0 Å². The summed E-state index contributed by atoms with van der Waals surface area (Å²) in [6.07, 6.45) is 4.25. The molecule has 1 fully saturated rings. The zero-order valence-corrected chi connectivity index (χ0v) is 17.6. The molecule has 148 valence electrons. The first-order valence-corrected chi connectivity index (χ1v) is 11.5. The molecule has 1 atom stereocenters. The summed E-state index contributed by atoms with van der Waals surface area (Å²) in [7, 11) is 0. The summed E-state index contributed by atoms with van der Waals surface area (Å²) in [4.78, 5) is 16.9. The van der Waals surface area contributed by atoms with E-state index in [4.69, 9.17) is 0 Å². The lowest BCUT2D eigenvalue weighted by atomic mass is 10.1. The van der Waals surface area contributed by atoms with E-state index in [-0.39, 0.29) is 11.9 Å². The molecule has 1 amide bonds. The fourth-order valence-corrected chi connectivity index (χ4v) is 5.05. The Hall–Kier alpha value is -2.58. The van der Waals surface area contributed by atoms with Crippen molar-refractivity contribution in [3.63, 3.8) is 0 Å². The molecule has 1 saturated carbocycles. The minimum atomic E-state index is 0.00916. The number of amides is 1. The lowest BCUT2D eigenvalue weighted by Crippen LogP contribution is -2.27. The Balaban J connectivity index is 1.34. The second kappa shape index (κ2) is 7.68. The number of benzene rings is 1. The number of nitrogens with zero attached hydrogens (tertiary/aromatic N) is 3. The van der Waals surface area contributed by atoms with Crippen LogP contribution in [0.5, 0.6) is 0 Å². The molecule has 0 spiro atoms. The fourth-order valence-electron chi connectivity index (χ4n) is 3.50. The third kappa shape index (κ3) is 3.70. The van der Waals surface area contributed by atoms with Gasteiger partial charge in [-0.2, -0.15) is 0 Å². The number of thioether (sulfide) groups is 1. The molecule has 8 heteroatoms. The number of aromatic amines is 1. The summed E-state index contributed by atoms with van der Waals surface area (Å²) in [5.41, 5.74) is 2.15. The monoisotopic (exact) mass is 423 g/mol. The molecule has 4 aromatic rings. The fraction of sp³-hybridized carbons (Fsp3) is 0.286. The average Bonchev–Trinajstić information content (AvgIpc) is 3.14. The highest BCUT2D eigenvalue weighted by Gasteiger charge is 2.31. The van der Waals surface area contributed by atoms with Crippen molar-refractivity contribution in [1.82, 2.24) is 25.1 Å². The maximum Gasteiger partial charge on any atom is 0.230 e. The van der Waals surface area contributed by atoms with Gasteiger partial charge in [0.2, 0.25) is 5.91 Å². The normalized spacial score (nSPS) is 14.9. The molecule has 6 nitrogen and oxygen atoms in total. The Morgan fingerprint density at radius 2 is 2.17 bits per heavy atom. The number of carbonyl (C=O) groups is 1. The highest BCUT2D eigenvalue weighted by atomic mass is 32.2. The van der Waals surface area contributed by atoms with E-state index in [1.54, 1.807) is 11.3 Å². The SMILES string of the molecule is CC(NC(=O)CSc1nnc(-c2c[nH]c3ccccc23)n1C1CC1)c1cccs1. The minimum Gasteiger partial charge on any atom is -0.360 e. The number of fused-ring (bicyclic) bond motifs is 1. The van der Waals surface area contributed by atoms with Crippen molar-refractivity contribution in [2.45, 2.75) is 37.0 Å². The zero-order chi connectivity index (χ0) is 19.8. The van der Waals surface area contributed by atoms with Crippen LogP contribution in [0.4, 0.5) is 0 Å². The van der Waals surface area contributed by atoms with Crippen LogP contribution in [0.2, 0.25) is 0 Å². The quantitative estimate of drug-likeness (QED) is 0.419. The van der Waals surface area contributed by atoms with Gasteiger partial charge in [-0.25, -0.2) is 0 Å². The molecule has 1 aromatic carbocycles. The minimum absolute atomic E-state index is 0.00916. The van der Waals surface area contributed by atoms with Gasteiger partial charge < -0.3 is 10.3 Å². The Morgan fingerprint density at radius 3 is 2.97 bits per heavy atom. The van der Waals surface area contributed by atoms with Crippen molar-refractivity contribution in [1.29, 1.82) is 0 Å². The highest BCUT2D eigenvalue weighted by molar-refractivity contribution is 7.99. The molecule has 3 aromatic heterocycles. The van der Waals surface area contributed by atoms with Crippen molar-refractivity contribution < 1.29 is 4.79 Å². The lowest BCUT2D eigenvalue weighted by molar-refractivity contribution is -0.119. The summed E-state index contributed by atoms with van der Waals surface area (Å²) in [5.74, 6) is 1.21. The molecule has 0 saturated heterocycles. The largest absolute Gasteiger partial charge is 0.360 e. The summed E-state index contributed by atoms with van der Waals surface area (Å²) in [6, 6.07) is 12.7. The van der Waals surface area contributed by atoms with Crippen LogP contribution in [0.25, 0.3) is 22.3 Å². The van der Waals surface area contributed by atoms with Crippen LogP contribution in [0.1, 0.15) is 36.7 Å². The molecule has 0 aliphatic heterocycles. The van der Waals surface area contributed by atoms with E-state index >= 15 is 0 Å². The number of carbonyl (C=O) groups excluding carboxylic acids is 1. The zero-order valence-electron chi connectivity index (χ0n) is 16.0. The Labute approximate surface area is 176 Å². The highest BCUT2D eigenvalue weighted by Crippen LogP contribution is 2.42. The van der Waals surface area contributed by atoms with Crippen LogP contribution < -0.4 is 5.32 Å². The number of hydrogen-bond donors (Lipinski definition) is 2. The molecule has 1 aliphatic rings. The van der Waals surface area contributed by atoms with Gasteiger partial charge in [-0.05, 0) is 37.3 Å². The molecule has 29 heavy (non-hydrogen) atoms. The van der Waals surface area contributed by atoms with Crippen LogP contribution in [0, 0.1) is 0 Å². The van der Waals surface area contributed by atoms with Gasteiger partial charge in [0.05, 0.1) is 11.8 Å². The summed E-state index contributed by atoms with van der Waals surface area (Å²) in [5, 5.41) is 16.0. The maximum absolute atomic E-state index is 12.4. The molecule has 1 unspecified atom stereocenters. The van der Waals surface area contributed by atoms with Crippen molar-refractivity contribution in [3.05, 3.63) is 52.9 Å². The van der Waals surface area contributed by atoms with Gasteiger partial charge in [0.25, 0.3) is 0 Å². The number of H-pyrrole nitrogens is 1. The van der Waals surface area contributed by atoms with E-state index in [1.807, 2.05) is 42.8 Å². The van der Waals surface area contributed by atoms with E-state index in [0.717, 1.165) is 45.2 Å². The molecule has 0 bridgehead atoms. The first-order chi connectivity index (χ1) is 14.2. The molecule has 5 rings (SSSR count). The van der Waals surface area contributed by atoms with Crippen molar-refractivity contribution in [2.75, 3.05) is 5.75 Å². The van der Waals surface area contributed by atoms with Gasteiger partial charge in [0.15, 0.2) is 11.0 Å². The van der Waals surface area contributed by atoms with E-state index < -0.39 is 0 Å². The van der Waals surface area contributed by atoms with Crippen LogP contribution >= 0.6 is 23.1 Å². The molecule has 3 heterocycles. The Bertz CT molecular complexity index is 1140. The summed E-state index contributed by atoms with van der Waals surface area (Å²) in [6.45, 7) is 2.01. The summed E-state index contributed by atoms with van der Waals surface area (Å²) >= 11 is 3.11. The first kappa shape index (κ1) is 18.4. The smallest absolute Gasteiger partial charge is 0.230 e. The molecular weight excluding hydrogens is 402 g/mol. The van der Waals surface area contributed by atoms with Crippen LogP contribution in [-0.4, -0.2) is 31.4 Å². The van der Waals surface area contributed by atoms with Crippen molar-refractivity contribution >= 4 is 39.9 Å². The van der Waals surface area contributed by atoms with Crippen LogP contribution in [0.15, 0.2) is 53.1 Å². The summed E-state index contributed by atoms with van der Waals surface area (Å²) < 4.78 is 2.20. The number of hydrogen-bond acceptors (Lipinski definition) is 5. The Kier molecular flexibility index (Phi) is 4.89. The van der Waals surface area contributed by atoms with Crippen LogP contribution in [-0.2, 0) is 4.79 Å². The maximum atomic E-state index is 12.4. The molecular formula is C21H21N5OS2. The number of para-hydroxylation sites is 1. The van der Waals surface area contributed by atoms with E-state index in [2.05, 4.69) is 37.2 Å². The number of rotatable bonds is 7. The third-order valence-corrected chi connectivity index (χ3v) is 7.08. The number of aromatic nitrogens is 4. The molecule has 1 aliphatic carbocycles. The van der Waals surface area contributed by atoms with E-state index in [0.29, 0.717) is 11.8 Å². The van der Waals surface area contributed by atoms with Crippen molar-refractivity contribution in [2.24, 2.45) is 0 Å². The third-order valence-electron chi connectivity index (χ3n) is 5.09. The van der Waals surface area contributed by atoms with Crippen LogP contribution in [0.3, 0.4) is 0 Å². The van der Waals surface area contributed by atoms with Crippen molar-refractivity contribution in [3.8, 4) is 11.4 Å². The average molecular weight is 424 g/mol. The van der Waals surface area contributed by atoms with Gasteiger partial charge in [0.1, 0.15) is 0 Å².